The number of phosphoric ester groups is 1. The number of unbranched alkanes of at least 4 members (excludes halogenated alkanes) is 24. The summed E-state index contributed by atoms with van der Waals surface area (Å²) in [4.78, 5) is 42.8. The third-order valence-electron chi connectivity index (χ3n) is 9.36. The van der Waals surface area contributed by atoms with Gasteiger partial charge in [0.15, 0.2) is 6.10 Å². The first-order valence-electron chi connectivity index (χ1n) is 21.8. The minimum absolute atomic E-state index is 0.151. The first kappa shape index (κ1) is 51.3. The minimum Gasteiger partial charge on any atom is -0.462 e. The zero-order valence-corrected chi connectivity index (χ0v) is 35.1. The number of esters is 2. The zero-order valence-electron chi connectivity index (χ0n) is 34.2. The first-order chi connectivity index (χ1) is 25.8. The van der Waals surface area contributed by atoms with Crippen LogP contribution in [0.3, 0.4) is 0 Å². The van der Waals surface area contributed by atoms with Crippen LogP contribution in [-0.4, -0.2) is 41.0 Å². The number of phosphoric acid groups is 1. The molecule has 0 saturated carbocycles. The van der Waals surface area contributed by atoms with Gasteiger partial charge in [-0.05, 0) is 70.6 Å². The fourth-order valence-electron chi connectivity index (χ4n) is 6.09. The molecule has 0 aromatic heterocycles. The van der Waals surface area contributed by atoms with Crippen LogP contribution in [0.4, 0.5) is 0 Å². The van der Waals surface area contributed by atoms with Crippen molar-refractivity contribution in [3.05, 3.63) is 36.5 Å². The van der Waals surface area contributed by atoms with Gasteiger partial charge in [-0.1, -0.05) is 166 Å². The second-order valence-corrected chi connectivity index (χ2v) is 15.9. The molecule has 0 rings (SSSR count). The second kappa shape index (κ2) is 39.9. The highest BCUT2D eigenvalue weighted by Crippen LogP contribution is 2.36. The number of carbonyl (C=O) groups is 2. The number of hydrogen-bond acceptors (Lipinski definition) is 6. The van der Waals surface area contributed by atoms with Crippen LogP contribution in [0.2, 0.25) is 0 Å². The average molecular weight is 769 g/mol. The molecule has 0 fully saturated rings. The summed E-state index contributed by atoms with van der Waals surface area (Å²) in [5.41, 5.74) is 0. The van der Waals surface area contributed by atoms with E-state index in [1.807, 2.05) is 0 Å². The van der Waals surface area contributed by atoms with Gasteiger partial charge in [0.05, 0.1) is 6.61 Å². The normalized spacial score (nSPS) is 12.8. The molecule has 310 valence electrons. The Labute approximate surface area is 325 Å². The third kappa shape index (κ3) is 42.9. The van der Waals surface area contributed by atoms with Gasteiger partial charge < -0.3 is 19.3 Å². The van der Waals surface area contributed by atoms with Crippen LogP contribution in [0.5, 0.6) is 0 Å². The number of rotatable bonds is 40. The van der Waals surface area contributed by atoms with E-state index in [-0.39, 0.29) is 19.4 Å². The molecule has 9 heteroatoms. The molecule has 0 aromatic carbocycles. The molecular formula is C44H81O8P. The molecule has 0 aromatic rings. The Morgan fingerprint density at radius 1 is 0.472 bits per heavy atom. The highest BCUT2D eigenvalue weighted by molar-refractivity contribution is 7.46. The van der Waals surface area contributed by atoms with Gasteiger partial charge >= 0.3 is 19.8 Å². The van der Waals surface area contributed by atoms with E-state index in [0.717, 1.165) is 64.2 Å². The fourth-order valence-corrected chi connectivity index (χ4v) is 6.45. The van der Waals surface area contributed by atoms with Crippen LogP contribution in [0.1, 0.15) is 213 Å². The zero-order chi connectivity index (χ0) is 38.9. The van der Waals surface area contributed by atoms with Gasteiger partial charge in [-0.25, -0.2) is 4.57 Å². The van der Waals surface area contributed by atoms with Crippen molar-refractivity contribution in [1.82, 2.24) is 0 Å². The topological polar surface area (TPSA) is 119 Å². The Bertz CT molecular complexity index is 957. The molecule has 1 atom stereocenters. The van der Waals surface area contributed by atoms with E-state index in [2.05, 4.69) is 54.8 Å². The van der Waals surface area contributed by atoms with Crippen LogP contribution in [0.25, 0.3) is 0 Å². The number of ether oxygens (including phenoxy) is 2. The van der Waals surface area contributed by atoms with E-state index in [9.17, 15) is 14.2 Å². The predicted molar refractivity (Wildman–Crippen MR) is 221 cm³/mol. The Morgan fingerprint density at radius 3 is 1.30 bits per heavy atom. The smallest absolute Gasteiger partial charge is 0.462 e. The molecule has 0 amide bonds. The number of carbonyl (C=O) groups excluding carboxylic acids is 2. The lowest BCUT2D eigenvalue weighted by atomic mass is 10.0. The molecular weight excluding hydrogens is 687 g/mol. The quantitative estimate of drug-likeness (QED) is 0.0274. The van der Waals surface area contributed by atoms with Crippen LogP contribution < -0.4 is 0 Å². The Morgan fingerprint density at radius 2 is 0.830 bits per heavy atom. The van der Waals surface area contributed by atoms with E-state index in [0.29, 0.717) is 12.8 Å². The van der Waals surface area contributed by atoms with Gasteiger partial charge in [0.2, 0.25) is 0 Å². The SMILES string of the molecule is CCCCC/C=C/CCCCCCCC(=O)OC[C@H](COP(=O)(O)O)OC(=O)CCC/C=C/CC/C=C/CCCCCCCCCCCCCCCC. The molecule has 0 heterocycles. The van der Waals surface area contributed by atoms with Crippen LogP contribution in [0, 0.1) is 0 Å². The van der Waals surface area contributed by atoms with Gasteiger partial charge in [-0.15, -0.1) is 0 Å². The summed E-state index contributed by atoms with van der Waals surface area (Å²) >= 11 is 0. The van der Waals surface area contributed by atoms with Crippen LogP contribution in [0.15, 0.2) is 36.5 Å². The van der Waals surface area contributed by atoms with E-state index >= 15 is 0 Å². The molecule has 8 nitrogen and oxygen atoms in total. The lowest BCUT2D eigenvalue weighted by Crippen LogP contribution is -2.29. The van der Waals surface area contributed by atoms with Gasteiger partial charge in [0.1, 0.15) is 6.61 Å². The van der Waals surface area contributed by atoms with Crippen LogP contribution >= 0.6 is 7.82 Å². The molecule has 0 radical (unpaired) electrons. The van der Waals surface area contributed by atoms with E-state index in [4.69, 9.17) is 19.3 Å². The number of allylic oxidation sites excluding steroid dienone is 6. The van der Waals surface area contributed by atoms with Crippen molar-refractivity contribution in [1.29, 1.82) is 0 Å². The molecule has 0 unspecified atom stereocenters. The lowest BCUT2D eigenvalue weighted by molar-refractivity contribution is -0.161. The molecule has 0 aliphatic carbocycles. The second-order valence-electron chi connectivity index (χ2n) is 14.7. The van der Waals surface area contributed by atoms with E-state index in [1.165, 1.54) is 109 Å². The maximum Gasteiger partial charge on any atom is 0.469 e. The van der Waals surface area contributed by atoms with Crippen molar-refractivity contribution in [3.63, 3.8) is 0 Å². The molecule has 0 spiro atoms. The summed E-state index contributed by atoms with van der Waals surface area (Å²) in [7, 11) is -4.76. The summed E-state index contributed by atoms with van der Waals surface area (Å²) in [5, 5.41) is 0. The number of hydrogen-bond donors (Lipinski definition) is 2. The standard InChI is InChI=1S/C44H81O8P/c1-3-5-7-9-11-13-15-17-18-19-20-21-22-23-24-25-26-27-29-31-33-35-37-39-44(46)52-42(41-51-53(47,48)49)40-50-43(45)38-36-34-32-30-28-16-14-12-10-8-6-4-2/h12,14,25-26,31,33,42H,3-11,13,15-24,27-30,32,34-41H2,1-2H3,(H2,47,48,49)/b14-12+,26-25+,33-31+/t42-/m1/s1. The maximum atomic E-state index is 12.4. The highest BCUT2D eigenvalue weighted by atomic mass is 31.2. The van der Waals surface area contributed by atoms with Crippen molar-refractivity contribution in [2.24, 2.45) is 0 Å². The van der Waals surface area contributed by atoms with Crippen molar-refractivity contribution in [2.45, 2.75) is 219 Å². The Balaban J connectivity index is 3.91. The van der Waals surface area contributed by atoms with Crippen molar-refractivity contribution < 1.29 is 37.9 Å². The monoisotopic (exact) mass is 769 g/mol. The largest absolute Gasteiger partial charge is 0.469 e. The Hall–Kier alpha value is -1.73. The van der Waals surface area contributed by atoms with Gasteiger partial charge in [0.25, 0.3) is 0 Å². The molecule has 0 aliphatic heterocycles. The van der Waals surface area contributed by atoms with Crippen LogP contribution in [-0.2, 0) is 28.2 Å². The summed E-state index contributed by atoms with van der Waals surface area (Å²) in [6.45, 7) is 3.63. The highest BCUT2D eigenvalue weighted by Gasteiger charge is 2.22. The lowest BCUT2D eigenvalue weighted by Gasteiger charge is -2.18. The fraction of sp³-hybridized carbons (Fsp3) is 0.818. The van der Waals surface area contributed by atoms with Gasteiger partial charge in [-0.2, -0.15) is 0 Å². The molecule has 0 aliphatic rings. The molecule has 0 saturated heterocycles. The van der Waals surface area contributed by atoms with Crippen molar-refractivity contribution >= 4 is 19.8 Å². The van der Waals surface area contributed by atoms with Gasteiger partial charge in [0, 0.05) is 12.8 Å². The predicted octanol–water partition coefficient (Wildman–Crippen LogP) is 13.4. The summed E-state index contributed by atoms with van der Waals surface area (Å²) in [6.07, 6.45) is 47.5. The summed E-state index contributed by atoms with van der Waals surface area (Å²) in [5.74, 6) is -0.942. The minimum atomic E-state index is -4.76. The molecule has 2 N–H and O–H groups in total. The van der Waals surface area contributed by atoms with Crippen molar-refractivity contribution in [2.75, 3.05) is 13.2 Å². The summed E-state index contributed by atoms with van der Waals surface area (Å²) in [6, 6.07) is 0. The van der Waals surface area contributed by atoms with Crippen molar-refractivity contribution in [3.8, 4) is 0 Å². The Kier molecular flexibility index (Phi) is 38.6. The average Bonchev–Trinajstić information content (AvgIpc) is 3.13. The third-order valence-corrected chi connectivity index (χ3v) is 9.84. The molecule has 53 heavy (non-hydrogen) atoms. The maximum absolute atomic E-state index is 12.4. The van der Waals surface area contributed by atoms with E-state index < -0.39 is 32.5 Å². The van der Waals surface area contributed by atoms with Gasteiger partial charge in [-0.3, -0.25) is 14.1 Å². The molecule has 0 bridgehead atoms. The summed E-state index contributed by atoms with van der Waals surface area (Å²) < 4.78 is 26.3. The first-order valence-corrected chi connectivity index (χ1v) is 23.3. The van der Waals surface area contributed by atoms with E-state index in [1.54, 1.807) is 0 Å².